The molecule has 6 heteroatoms. The fourth-order valence-electron chi connectivity index (χ4n) is 1.51. The number of aryl methyl sites for hydroxylation is 1. The van der Waals surface area contributed by atoms with Gasteiger partial charge in [0, 0.05) is 24.9 Å². The van der Waals surface area contributed by atoms with Gasteiger partial charge in [-0.1, -0.05) is 0 Å². The Morgan fingerprint density at radius 3 is 2.57 bits per heavy atom. The van der Waals surface area contributed by atoms with Gasteiger partial charge in [-0.05, 0) is 54.1 Å². The summed E-state index contributed by atoms with van der Waals surface area (Å²) in [6, 6.07) is 2.85. The first kappa shape index (κ1) is 12.3. The Morgan fingerprint density at radius 2 is 2.00 bits per heavy atom. The Balaban J connectivity index is 3.18. The van der Waals surface area contributed by atoms with Crippen LogP contribution in [0.15, 0.2) is 16.6 Å². The molecule has 0 aromatic heterocycles. The molecule has 0 saturated carbocycles. The number of hydrogen-bond donors (Lipinski definition) is 1. The van der Waals surface area contributed by atoms with Gasteiger partial charge in [-0.3, -0.25) is 4.79 Å². The summed E-state index contributed by atoms with van der Waals surface area (Å²) in [4.78, 5) is 13.7. The predicted octanol–water partition coefficient (Wildman–Crippen LogP) is 2.08. The maximum Gasteiger partial charge on any atom is 0.221 e. The quantitative estimate of drug-likeness (QED) is 0.768. The SMILES string of the molecule is [2H]C([2H])(NC(=O)CCN(C)C)C([2H])([2H])c1cc(OC)c(Br)cc1OC. The zero-order valence-corrected chi connectivity index (χ0v) is 14.2. The summed E-state index contributed by atoms with van der Waals surface area (Å²) in [6.45, 7) is -2.22. The Kier molecular flexibility index (Phi) is 5.21. The molecule has 0 radical (unpaired) electrons. The van der Waals surface area contributed by atoms with Crippen molar-refractivity contribution in [2.45, 2.75) is 12.8 Å². The number of ether oxygens (including phenoxy) is 2. The zero-order chi connectivity index (χ0) is 19.4. The summed E-state index contributed by atoms with van der Waals surface area (Å²) in [6.07, 6.45) is -2.50. The lowest BCUT2D eigenvalue weighted by Gasteiger charge is -2.13. The molecule has 1 N–H and O–H groups in total. The van der Waals surface area contributed by atoms with Crippen molar-refractivity contribution in [2.24, 2.45) is 0 Å². The number of carbonyl (C=O) groups is 1. The smallest absolute Gasteiger partial charge is 0.221 e. The third-order valence-corrected chi connectivity index (χ3v) is 3.28. The normalized spacial score (nSPS) is 14.8. The molecule has 1 aromatic carbocycles. The number of benzene rings is 1. The van der Waals surface area contributed by atoms with E-state index < -0.39 is 18.8 Å². The highest BCUT2D eigenvalue weighted by Crippen LogP contribution is 2.32. The van der Waals surface area contributed by atoms with Gasteiger partial charge in [-0.2, -0.15) is 0 Å². The van der Waals surface area contributed by atoms with Crippen molar-refractivity contribution < 1.29 is 19.8 Å². The molecule has 0 aliphatic heterocycles. The van der Waals surface area contributed by atoms with Gasteiger partial charge in [0.1, 0.15) is 11.5 Å². The molecule has 0 spiro atoms. The number of hydrogen-bond acceptors (Lipinski definition) is 4. The van der Waals surface area contributed by atoms with Crippen molar-refractivity contribution in [3.63, 3.8) is 0 Å². The summed E-state index contributed by atoms with van der Waals surface area (Å²) in [5.41, 5.74) is -0.0621. The van der Waals surface area contributed by atoms with E-state index in [2.05, 4.69) is 21.2 Å². The van der Waals surface area contributed by atoms with Crippen molar-refractivity contribution in [1.82, 2.24) is 10.2 Å². The van der Waals surface area contributed by atoms with Gasteiger partial charge in [0.25, 0.3) is 0 Å². The number of nitrogens with zero attached hydrogens (tertiary/aromatic N) is 1. The number of halogens is 1. The summed E-state index contributed by atoms with van der Waals surface area (Å²) in [7, 11) is 6.36. The Labute approximate surface area is 140 Å². The molecule has 5 nitrogen and oxygen atoms in total. The van der Waals surface area contributed by atoms with Crippen molar-refractivity contribution >= 4 is 21.8 Å². The van der Waals surface area contributed by atoms with E-state index >= 15 is 0 Å². The van der Waals surface area contributed by atoms with Crippen molar-refractivity contribution in [1.29, 1.82) is 0 Å². The molecule has 1 aromatic rings. The molecule has 1 amide bonds. The second-order valence-electron chi connectivity index (χ2n) is 4.54. The predicted molar refractivity (Wildman–Crippen MR) is 87.1 cm³/mol. The van der Waals surface area contributed by atoms with Crippen LogP contribution in [0.1, 0.15) is 17.5 Å². The lowest BCUT2D eigenvalue weighted by molar-refractivity contribution is -0.121. The molecule has 0 saturated heterocycles. The van der Waals surface area contributed by atoms with Crippen molar-refractivity contribution in [3.05, 3.63) is 22.2 Å². The third-order valence-electron chi connectivity index (χ3n) is 2.66. The van der Waals surface area contributed by atoms with E-state index in [9.17, 15) is 4.79 Å². The fraction of sp³-hybridized carbons (Fsp3) is 0.533. The van der Waals surface area contributed by atoms with Crippen LogP contribution in [0.2, 0.25) is 0 Å². The first-order valence-corrected chi connectivity index (χ1v) is 7.13. The number of methoxy groups -OCH3 is 2. The number of carbonyl (C=O) groups excluding carboxylic acids is 1. The van der Waals surface area contributed by atoms with E-state index in [-0.39, 0.29) is 17.7 Å². The highest BCUT2D eigenvalue weighted by molar-refractivity contribution is 9.10. The number of amides is 1. The fourth-order valence-corrected chi connectivity index (χ4v) is 2.00. The van der Waals surface area contributed by atoms with Gasteiger partial charge >= 0.3 is 0 Å². The summed E-state index contributed by atoms with van der Waals surface area (Å²) in [5, 5.41) is 2.14. The van der Waals surface area contributed by atoms with Crippen LogP contribution in [-0.4, -0.2) is 52.2 Å². The second kappa shape index (κ2) is 8.89. The molecule has 0 heterocycles. The molecule has 118 valence electrons. The number of rotatable bonds is 8. The van der Waals surface area contributed by atoms with Gasteiger partial charge < -0.3 is 19.7 Å². The molecule has 0 fully saturated rings. The van der Waals surface area contributed by atoms with Crippen LogP contribution in [0, 0.1) is 0 Å². The second-order valence-corrected chi connectivity index (χ2v) is 5.39. The van der Waals surface area contributed by atoms with Gasteiger partial charge in [-0.25, -0.2) is 0 Å². The van der Waals surface area contributed by atoms with Crippen LogP contribution in [-0.2, 0) is 11.2 Å². The Morgan fingerprint density at radius 1 is 1.33 bits per heavy atom. The Bertz CT molecular complexity index is 627. The largest absolute Gasteiger partial charge is 0.496 e. The summed E-state index contributed by atoms with van der Waals surface area (Å²) in [5.74, 6) is -0.107. The van der Waals surface area contributed by atoms with Crippen LogP contribution < -0.4 is 14.8 Å². The minimum Gasteiger partial charge on any atom is -0.496 e. The minimum atomic E-state index is -2.65. The van der Waals surface area contributed by atoms with E-state index in [1.807, 2.05) is 0 Å². The molecular formula is C15H23BrN2O3. The molecule has 0 atom stereocenters. The topological polar surface area (TPSA) is 50.8 Å². The minimum absolute atomic E-state index is 0.0589. The van der Waals surface area contributed by atoms with E-state index in [4.69, 9.17) is 15.0 Å². The zero-order valence-electron chi connectivity index (χ0n) is 16.6. The lowest BCUT2D eigenvalue weighted by atomic mass is 10.1. The molecule has 0 aliphatic rings. The standard InChI is InChI=1S/C15H23BrN2O3/c1-18(2)8-6-15(19)17-7-5-11-9-14(21-4)12(16)10-13(11)20-3/h9-10H,5-8H2,1-4H3,(H,17,19)/i5D2,7D2. The highest BCUT2D eigenvalue weighted by atomic mass is 79.9. The molecule has 1 rings (SSSR count). The first-order chi connectivity index (χ1) is 11.5. The van der Waals surface area contributed by atoms with Crippen LogP contribution in [0.3, 0.4) is 0 Å². The van der Waals surface area contributed by atoms with Gasteiger partial charge in [0.05, 0.1) is 18.7 Å². The maximum atomic E-state index is 12.0. The third kappa shape index (κ3) is 5.93. The summed E-state index contributed by atoms with van der Waals surface area (Å²) < 4.78 is 43.6. The van der Waals surface area contributed by atoms with Crippen molar-refractivity contribution in [3.8, 4) is 11.5 Å². The van der Waals surface area contributed by atoms with Crippen LogP contribution in [0.5, 0.6) is 11.5 Å². The van der Waals surface area contributed by atoms with E-state index in [0.29, 0.717) is 16.8 Å². The van der Waals surface area contributed by atoms with Gasteiger partial charge in [0.15, 0.2) is 0 Å². The van der Waals surface area contributed by atoms with Gasteiger partial charge in [-0.15, -0.1) is 0 Å². The maximum absolute atomic E-state index is 12.0. The molecule has 0 bridgehead atoms. The van der Waals surface area contributed by atoms with Gasteiger partial charge in [0.2, 0.25) is 5.91 Å². The summed E-state index contributed by atoms with van der Waals surface area (Å²) >= 11 is 3.28. The average Bonchev–Trinajstić information content (AvgIpc) is 2.51. The Hall–Kier alpha value is -1.27. The molecule has 0 aliphatic carbocycles. The van der Waals surface area contributed by atoms with E-state index in [0.717, 1.165) is 0 Å². The number of nitrogens with one attached hydrogen (secondary N) is 1. The monoisotopic (exact) mass is 362 g/mol. The molecule has 21 heavy (non-hydrogen) atoms. The van der Waals surface area contributed by atoms with Crippen LogP contribution >= 0.6 is 15.9 Å². The van der Waals surface area contributed by atoms with E-state index in [1.54, 1.807) is 19.0 Å². The average molecular weight is 363 g/mol. The lowest BCUT2D eigenvalue weighted by Crippen LogP contribution is -2.29. The first-order valence-electron chi connectivity index (χ1n) is 8.34. The molecule has 0 unspecified atom stereocenters. The van der Waals surface area contributed by atoms with Crippen LogP contribution in [0.4, 0.5) is 0 Å². The highest BCUT2D eigenvalue weighted by Gasteiger charge is 2.10. The van der Waals surface area contributed by atoms with Crippen LogP contribution in [0.25, 0.3) is 0 Å². The van der Waals surface area contributed by atoms with E-state index in [1.165, 1.54) is 26.4 Å². The molecular weight excluding hydrogens is 336 g/mol. The van der Waals surface area contributed by atoms with Crippen molar-refractivity contribution in [2.75, 3.05) is 41.4 Å².